The number of hydrogen-bond acceptors (Lipinski definition) is 6. The third-order valence-corrected chi connectivity index (χ3v) is 3.81. The van der Waals surface area contributed by atoms with Crippen molar-refractivity contribution in [1.29, 1.82) is 0 Å². The third-order valence-electron chi connectivity index (χ3n) is 3.81. The summed E-state index contributed by atoms with van der Waals surface area (Å²) < 4.78 is 5.34. The van der Waals surface area contributed by atoms with Crippen molar-refractivity contribution in [2.75, 3.05) is 6.54 Å². The molecule has 1 fully saturated rings. The standard InChI is InChI=1S/C15H21N5O/c1-10(2)15-18-14(19-21-15)13-5-4-6-20(13)9-12-8-16-11(3)7-17-12/h7-8,10,13H,4-6,9H2,1-3H3/t13-/m0/s1. The van der Waals surface area contributed by atoms with Crippen molar-refractivity contribution in [2.24, 2.45) is 0 Å². The first-order chi connectivity index (χ1) is 10.1. The molecule has 0 aliphatic carbocycles. The Morgan fingerprint density at radius 1 is 1.33 bits per heavy atom. The van der Waals surface area contributed by atoms with Gasteiger partial charge in [-0.1, -0.05) is 19.0 Å². The number of hydrogen-bond donors (Lipinski definition) is 0. The lowest BCUT2D eigenvalue weighted by Crippen LogP contribution is -2.24. The van der Waals surface area contributed by atoms with Gasteiger partial charge in [0.2, 0.25) is 5.89 Å². The highest BCUT2D eigenvalue weighted by molar-refractivity contribution is 5.04. The molecule has 0 N–H and O–H groups in total. The first kappa shape index (κ1) is 14.1. The van der Waals surface area contributed by atoms with Crippen LogP contribution in [0, 0.1) is 6.92 Å². The molecular formula is C15H21N5O. The highest BCUT2D eigenvalue weighted by atomic mass is 16.5. The van der Waals surface area contributed by atoms with Gasteiger partial charge in [0, 0.05) is 24.9 Å². The van der Waals surface area contributed by atoms with Gasteiger partial charge in [-0.3, -0.25) is 14.9 Å². The van der Waals surface area contributed by atoms with E-state index in [1.54, 1.807) is 0 Å². The minimum absolute atomic E-state index is 0.226. The fourth-order valence-corrected chi connectivity index (χ4v) is 2.63. The van der Waals surface area contributed by atoms with Gasteiger partial charge < -0.3 is 4.52 Å². The van der Waals surface area contributed by atoms with Crippen LogP contribution < -0.4 is 0 Å². The van der Waals surface area contributed by atoms with Gasteiger partial charge in [-0.05, 0) is 26.3 Å². The summed E-state index contributed by atoms with van der Waals surface area (Å²) in [6.45, 7) is 7.88. The monoisotopic (exact) mass is 287 g/mol. The number of aryl methyl sites for hydroxylation is 1. The van der Waals surface area contributed by atoms with Gasteiger partial charge in [0.25, 0.3) is 0 Å². The highest BCUT2D eigenvalue weighted by Crippen LogP contribution is 2.31. The number of rotatable bonds is 4. The molecule has 3 rings (SSSR count). The summed E-state index contributed by atoms with van der Waals surface area (Å²) in [5, 5.41) is 4.16. The van der Waals surface area contributed by atoms with Gasteiger partial charge in [-0.25, -0.2) is 0 Å². The van der Waals surface area contributed by atoms with Crippen LogP contribution in [0.5, 0.6) is 0 Å². The molecule has 0 radical (unpaired) electrons. The molecule has 0 aromatic carbocycles. The molecule has 0 amide bonds. The zero-order valence-corrected chi connectivity index (χ0v) is 12.8. The summed E-state index contributed by atoms with van der Waals surface area (Å²) >= 11 is 0. The summed E-state index contributed by atoms with van der Waals surface area (Å²) in [7, 11) is 0. The minimum atomic E-state index is 0.226. The van der Waals surface area contributed by atoms with Crippen molar-refractivity contribution >= 4 is 0 Å². The molecule has 0 spiro atoms. The van der Waals surface area contributed by atoms with E-state index in [9.17, 15) is 0 Å². The molecule has 112 valence electrons. The molecule has 0 unspecified atom stereocenters. The maximum Gasteiger partial charge on any atom is 0.229 e. The average molecular weight is 287 g/mol. The summed E-state index contributed by atoms with van der Waals surface area (Å²) in [4.78, 5) is 15.6. The van der Waals surface area contributed by atoms with Crippen LogP contribution in [-0.2, 0) is 6.54 Å². The van der Waals surface area contributed by atoms with E-state index in [4.69, 9.17) is 4.52 Å². The Hall–Kier alpha value is -1.82. The molecule has 6 heteroatoms. The highest BCUT2D eigenvalue weighted by Gasteiger charge is 2.30. The van der Waals surface area contributed by atoms with Crippen molar-refractivity contribution in [1.82, 2.24) is 25.0 Å². The summed E-state index contributed by atoms with van der Waals surface area (Å²) in [6.07, 6.45) is 5.87. The fourth-order valence-electron chi connectivity index (χ4n) is 2.63. The Labute approximate surface area is 124 Å². The largest absolute Gasteiger partial charge is 0.339 e. The van der Waals surface area contributed by atoms with Gasteiger partial charge in [0.05, 0.1) is 17.4 Å². The second-order valence-electron chi connectivity index (χ2n) is 5.92. The minimum Gasteiger partial charge on any atom is -0.339 e. The van der Waals surface area contributed by atoms with Gasteiger partial charge in [-0.2, -0.15) is 4.98 Å². The number of likely N-dealkylation sites (tertiary alicyclic amines) is 1. The quantitative estimate of drug-likeness (QED) is 0.861. The number of nitrogens with zero attached hydrogens (tertiary/aromatic N) is 5. The Bertz CT molecular complexity index is 592. The summed E-state index contributed by atoms with van der Waals surface area (Å²) in [5.41, 5.74) is 1.93. The maximum atomic E-state index is 5.34. The molecule has 21 heavy (non-hydrogen) atoms. The van der Waals surface area contributed by atoms with E-state index in [-0.39, 0.29) is 12.0 Å². The van der Waals surface area contributed by atoms with Gasteiger partial charge in [0.15, 0.2) is 5.82 Å². The van der Waals surface area contributed by atoms with Crippen molar-refractivity contribution in [2.45, 2.75) is 52.1 Å². The lowest BCUT2D eigenvalue weighted by molar-refractivity contribution is 0.231. The lowest BCUT2D eigenvalue weighted by atomic mass is 10.2. The second kappa shape index (κ2) is 5.89. The van der Waals surface area contributed by atoms with Crippen molar-refractivity contribution in [3.05, 3.63) is 35.5 Å². The van der Waals surface area contributed by atoms with Gasteiger partial charge in [0.1, 0.15) is 0 Å². The lowest BCUT2D eigenvalue weighted by Gasteiger charge is -2.21. The van der Waals surface area contributed by atoms with Crippen LogP contribution in [0.25, 0.3) is 0 Å². The van der Waals surface area contributed by atoms with Crippen molar-refractivity contribution < 1.29 is 4.52 Å². The Morgan fingerprint density at radius 3 is 2.86 bits per heavy atom. The average Bonchev–Trinajstić information content (AvgIpc) is 3.09. The summed E-state index contributed by atoms with van der Waals surface area (Å²) in [5.74, 6) is 1.78. The SMILES string of the molecule is Cc1cnc(CN2CCC[C@H]2c2noc(C(C)C)n2)cn1. The molecule has 1 atom stereocenters. The first-order valence-corrected chi connectivity index (χ1v) is 7.48. The first-order valence-electron chi connectivity index (χ1n) is 7.48. The Morgan fingerprint density at radius 2 is 2.19 bits per heavy atom. The number of aromatic nitrogens is 4. The van der Waals surface area contributed by atoms with Crippen LogP contribution in [0.1, 0.15) is 61.8 Å². The van der Waals surface area contributed by atoms with Crippen LogP contribution in [0.3, 0.4) is 0 Å². The second-order valence-corrected chi connectivity index (χ2v) is 5.92. The van der Waals surface area contributed by atoms with E-state index < -0.39 is 0 Å². The molecule has 2 aromatic heterocycles. The molecule has 1 aliphatic heterocycles. The topological polar surface area (TPSA) is 67.9 Å². The zero-order chi connectivity index (χ0) is 14.8. The van der Waals surface area contributed by atoms with Crippen LogP contribution in [0.2, 0.25) is 0 Å². The molecule has 1 saturated heterocycles. The Balaban J connectivity index is 1.74. The van der Waals surface area contributed by atoms with E-state index >= 15 is 0 Å². The van der Waals surface area contributed by atoms with E-state index in [1.165, 1.54) is 0 Å². The van der Waals surface area contributed by atoms with E-state index in [0.717, 1.165) is 43.1 Å². The van der Waals surface area contributed by atoms with Gasteiger partial charge >= 0.3 is 0 Å². The molecule has 1 aliphatic rings. The smallest absolute Gasteiger partial charge is 0.229 e. The van der Waals surface area contributed by atoms with Crippen LogP contribution in [0.15, 0.2) is 16.9 Å². The van der Waals surface area contributed by atoms with Crippen LogP contribution in [-0.4, -0.2) is 31.6 Å². The summed E-state index contributed by atoms with van der Waals surface area (Å²) in [6, 6.07) is 0.226. The van der Waals surface area contributed by atoms with Crippen LogP contribution >= 0.6 is 0 Å². The zero-order valence-electron chi connectivity index (χ0n) is 12.8. The predicted octanol–water partition coefficient (Wildman–Crippen LogP) is 2.63. The maximum absolute atomic E-state index is 5.34. The predicted molar refractivity (Wildman–Crippen MR) is 77.5 cm³/mol. The molecule has 2 aromatic rings. The van der Waals surface area contributed by atoms with E-state index in [1.807, 2.05) is 19.3 Å². The molecule has 3 heterocycles. The van der Waals surface area contributed by atoms with Crippen molar-refractivity contribution in [3.8, 4) is 0 Å². The molecular weight excluding hydrogens is 266 g/mol. The van der Waals surface area contributed by atoms with E-state index in [2.05, 4.69) is 38.9 Å². The molecule has 0 saturated carbocycles. The third kappa shape index (κ3) is 3.10. The van der Waals surface area contributed by atoms with Crippen molar-refractivity contribution in [3.63, 3.8) is 0 Å². The Kier molecular flexibility index (Phi) is 3.96. The normalized spacial score (nSPS) is 19.5. The fraction of sp³-hybridized carbons (Fsp3) is 0.600. The van der Waals surface area contributed by atoms with E-state index in [0.29, 0.717) is 5.89 Å². The van der Waals surface area contributed by atoms with Crippen LogP contribution in [0.4, 0.5) is 0 Å². The molecule has 0 bridgehead atoms. The molecule has 6 nitrogen and oxygen atoms in total. The van der Waals surface area contributed by atoms with Gasteiger partial charge in [-0.15, -0.1) is 0 Å².